The number of hydrogen-bond donors (Lipinski definition) is 2. The van der Waals surface area contributed by atoms with Gasteiger partial charge in [0.1, 0.15) is 5.51 Å². The minimum Gasteiger partial charge on any atom is -0.312 e. The fourth-order valence-corrected chi connectivity index (χ4v) is 2.38. The summed E-state index contributed by atoms with van der Waals surface area (Å²) in [7, 11) is 0. The van der Waals surface area contributed by atoms with Crippen molar-refractivity contribution in [1.29, 1.82) is 0 Å². The summed E-state index contributed by atoms with van der Waals surface area (Å²) >= 11 is 1.41. The predicted molar refractivity (Wildman–Crippen MR) is 85.1 cm³/mol. The average Bonchev–Trinajstić information content (AvgIpc) is 3.30. The molecule has 4 aromatic heterocycles. The number of nitrogens with zero attached hydrogens (tertiary/aromatic N) is 6. The number of H-pyrrole nitrogens is 1. The Balaban J connectivity index is 0.000000693. The van der Waals surface area contributed by atoms with E-state index < -0.39 is 0 Å². The number of rotatable bonds is 3. The van der Waals surface area contributed by atoms with E-state index in [1.54, 1.807) is 24.1 Å². The number of fused-ring (bicyclic) bond motifs is 1. The maximum absolute atomic E-state index is 4.41. The number of aromatic nitrogens is 7. The van der Waals surface area contributed by atoms with Crippen LogP contribution in [0, 0.1) is 0 Å². The molecule has 0 aliphatic carbocycles. The van der Waals surface area contributed by atoms with Gasteiger partial charge in [-0.1, -0.05) is 25.2 Å². The molecule has 0 aliphatic rings. The summed E-state index contributed by atoms with van der Waals surface area (Å²) in [6.07, 6.45) is 8.92. The van der Waals surface area contributed by atoms with Crippen LogP contribution in [0.15, 0.2) is 36.5 Å². The summed E-state index contributed by atoms with van der Waals surface area (Å²) in [5.41, 5.74) is 4.28. The third kappa shape index (κ3) is 2.53. The second-order valence-corrected chi connectivity index (χ2v) is 4.80. The maximum atomic E-state index is 4.41. The Labute approximate surface area is 130 Å². The average molecular weight is 314 g/mol. The molecule has 0 fully saturated rings. The molecule has 0 saturated carbocycles. The van der Waals surface area contributed by atoms with Crippen LogP contribution in [0.2, 0.25) is 0 Å². The Morgan fingerprint density at radius 1 is 1.23 bits per heavy atom. The molecule has 4 rings (SSSR count). The number of nitrogens with one attached hydrogen (secondary N) is 2. The van der Waals surface area contributed by atoms with E-state index in [9.17, 15) is 0 Å². The van der Waals surface area contributed by atoms with Gasteiger partial charge in [0.25, 0.3) is 0 Å². The van der Waals surface area contributed by atoms with Crippen molar-refractivity contribution in [1.82, 2.24) is 34.8 Å². The Morgan fingerprint density at radius 2 is 2.14 bits per heavy atom. The molecule has 0 bridgehead atoms. The van der Waals surface area contributed by atoms with Crippen LogP contribution in [0.3, 0.4) is 0 Å². The fourth-order valence-electron chi connectivity index (χ4n) is 1.94. The Kier molecular flexibility index (Phi) is 4.05. The van der Waals surface area contributed by atoms with Crippen molar-refractivity contribution < 1.29 is 0 Å². The van der Waals surface area contributed by atoms with E-state index >= 15 is 0 Å². The van der Waals surface area contributed by atoms with Gasteiger partial charge in [-0.15, -0.1) is 10.2 Å². The third-order valence-corrected chi connectivity index (χ3v) is 3.41. The van der Waals surface area contributed by atoms with Crippen molar-refractivity contribution >= 4 is 27.9 Å². The zero-order valence-corrected chi connectivity index (χ0v) is 12.9. The standard InChI is InChI=1S/C11H8N8S.C2H6/c1-2-19-8(7-3-14-15-4-7)5-13-10(19)9(12-1)17-11-18-16-6-20-11;1-2/h1-6H,(H,14,15)(H,12,17,18);1-2H3. The first-order chi connectivity index (χ1) is 10.9. The molecule has 0 atom stereocenters. The number of aromatic amines is 1. The zero-order valence-electron chi connectivity index (χ0n) is 12.1. The second-order valence-electron chi connectivity index (χ2n) is 3.97. The highest BCUT2D eigenvalue weighted by Crippen LogP contribution is 2.24. The van der Waals surface area contributed by atoms with Gasteiger partial charge < -0.3 is 5.32 Å². The van der Waals surface area contributed by atoms with E-state index in [0.29, 0.717) is 10.9 Å². The topological polar surface area (TPSA) is 96.7 Å². The van der Waals surface area contributed by atoms with E-state index in [1.165, 1.54) is 11.3 Å². The molecule has 4 heterocycles. The van der Waals surface area contributed by atoms with Gasteiger partial charge in [-0.2, -0.15) is 5.10 Å². The van der Waals surface area contributed by atoms with Crippen LogP contribution >= 0.6 is 11.3 Å². The summed E-state index contributed by atoms with van der Waals surface area (Å²) in [6.45, 7) is 4.00. The molecule has 0 radical (unpaired) electrons. The molecule has 0 unspecified atom stereocenters. The summed E-state index contributed by atoms with van der Waals surface area (Å²) < 4.78 is 1.95. The molecule has 9 heteroatoms. The summed E-state index contributed by atoms with van der Waals surface area (Å²) in [6, 6.07) is 0. The molecule has 2 N–H and O–H groups in total. The van der Waals surface area contributed by atoms with Crippen LogP contribution in [0.25, 0.3) is 16.9 Å². The number of anilines is 2. The van der Waals surface area contributed by atoms with Crippen LogP contribution in [0.1, 0.15) is 13.8 Å². The van der Waals surface area contributed by atoms with Gasteiger partial charge in [-0.05, 0) is 0 Å². The monoisotopic (exact) mass is 314 g/mol. The van der Waals surface area contributed by atoms with Crippen LogP contribution in [-0.4, -0.2) is 34.8 Å². The molecule has 8 nitrogen and oxygen atoms in total. The second kappa shape index (κ2) is 6.31. The normalized spacial score (nSPS) is 10.3. The first-order valence-corrected chi connectivity index (χ1v) is 7.64. The fraction of sp³-hybridized carbons (Fsp3) is 0.154. The van der Waals surface area contributed by atoms with Gasteiger partial charge in [0, 0.05) is 24.2 Å². The zero-order chi connectivity index (χ0) is 15.4. The van der Waals surface area contributed by atoms with Crippen molar-refractivity contribution in [2.45, 2.75) is 13.8 Å². The lowest BCUT2D eigenvalue weighted by atomic mass is 10.3. The highest BCUT2D eigenvalue weighted by atomic mass is 32.1. The van der Waals surface area contributed by atoms with Crippen molar-refractivity contribution in [2.24, 2.45) is 0 Å². The lowest BCUT2D eigenvalue weighted by Gasteiger charge is -2.03. The van der Waals surface area contributed by atoms with Gasteiger partial charge in [-0.25, -0.2) is 9.97 Å². The molecular weight excluding hydrogens is 300 g/mol. The van der Waals surface area contributed by atoms with Gasteiger partial charge in [0.05, 0.1) is 18.1 Å². The van der Waals surface area contributed by atoms with Crippen molar-refractivity contribution in [3.63, 3.8) is 0 Å². The highest BCUT2D eigenvalue weighted by molar-refractivity contribution is 7.13. The first kappa shape index (κ1) is 14.1. The van der Waals surface area contributed by atoms with Gasteiger partial charge in [-0.3, -0.25) is 9.50 Å². The lowest BCUT2D eigenvalue weighted by Crippen LogP contribution is -1.98. The third-order valence-electron chi connectivity index (χ3n) is 2.81. The molecule has 0 amide bonds. The molecular formula is C13H14N8S. The van der Waals surface area contributed by atoms with Crippen LogP contribution in [0.5, 0.6) is 0 Å². The number of imidazole rings is 1. The first-order valence-electron chi connectivity index (χ1n) is 6.76. The number of hydrogen-bond acceptors (Lipinski definition) is 7. The smallest absolute Gasteiger partial charge is 0.211 e. The summed E-state index contributed by atoms with van der Waals surface area (Å²) in [5.74, 6) is 0.638. The molecule has 0 saturated heterocycles. The maximum Gasteiger partial charge on any atom is 0.211 e. The van der Waals surface area contributed by atoms with E-state index in [1.807, 2.05) is 30.6 Å². The van der Waals surface area contributed by atoms with E-state index in [4.69, 9.17) is 0 Å². The predicted octanol–water partition coefficient (Wildman–Crippen LogP) is 2.74. The summed E-state index contributed by atoms with van der Waals surface area (Å²) in [5, 5.41) is 18.3. The minimum atomic E-state index is 0.638. The van der Waals surface area contributed by atoms with Gasteiger partial charge in [0.15, 0.2) is 11.5 Å². The van der Waals surface area contributed by atoms with Crippen molar-refractivity contribution in [2.75, 3.05) is 5.32 Å². The molecule has 0 aromatic carbocycles. The Morgan fingerprint density at radius 3 is 2.86 bits per heavy atom. The minimum absolute atomic E-state index is 0.638. The lowest BCUT2D eigenvalue weighted by molar-refractivity contribution is 1.08. The largest absolute Gasteiger partial charge is 0.312 e. The molecule has 0 spiro atoms. The van der Waals surface area contributed by atoms with Crippen LogP contribution < -0.4 is 5.32 Å². The van der Waals surface area contributed by atoms with Gasteiger partial charge >= 0.3 is 0 Å². The van der Waals surface area contributed by atoms with Gasteiger partial charge in [0.2, 0.25) is 5.13 Å². The van der Waals surface area contributed by atoms with E-state index in [-0.39, 0.29) is 0 Å². The van der Waals surface area contributed by atoms with Crippen LogP contribution in [-0.2, 0) is 0 Å². The van der Waals surface area contributed by atoms with Crippen LogP contribution in [0.4, 0.5) is 10.9 Å². The molecule has 22 heavy (non-hydrogen) atoms. The highest BCUT2D eigenvalue weighted by Gasteiger charge is 2.11. The Hall–Kier alpha value is -2.81. The molecule has 0 aliphatic heterocycles. The van der Waals surface area contributed by atoms with E-state index in [0.717, 1.165) is 16.9 Å². The van der Waals surface area contributed by atoms with Crippen molar-refractivity contribution in [3.8, 4) is 11.3 Å². The Bertz CT molecular complexity index is 834. The van der Waals surface area contributed by atoms with Crippen molar-refractivity contribution in [3.05, 3.63) is 36.5 Å². The SMILES string of the molecule is CC.c1cn2c(-c3cn[nH]c3)cnc2c(Nc2nncs2)n1. The van der Waals surface area contributed by atoms with E-state index in [2.05, 4.69) is 35.7 Å². The summed E-state index contributed by atoms with van der Waals surface area (Å²) in [4.78, 5) is 8.71. The molecule has 4 aromatic rings. The quantitative estimate of drug-likeness (QED) is 0.603. The molecule has 112 valence electrons.